The van der Waals surface area contributed by atoms with Crippen LogP contribution in [0.2, 0.25) is 0 Å². The van der Waals surface area contributed by atoms with Gasteiger partial charge in [0.05, 0.1) is 11.7 Å². The van der Waals surface area contributed by atoms with E-state index in [1.807, 2.05) is 0 Å². The van der Waals surface area contributed by atoms with Gasteiger partial charge in [0.15, 0.2) is 17.5 Å². The summed E-state index contributed by atoms with van der Waals surface area (Å²) in [6.07, 6.45) is 0. The first kappa shape index (κ1) is 13.3. The molecule has 19 heavy (non-hydrogen) atoms. The normalized spacial score (nSPS) is 12.5. The lowest BCUT2D eigenvalue weighted by Crippen LogP contribution is -2.12. The Bertz CT molecular complexity index is 587. The van der Waals surface area contributed by atoms with Crippen LogP contribution >= 0.6 is 0 Å². The van der Waals surface area contributed by atoms with Crippen molar-refractivity contribution >= 4 is 11.7 Å². The molecule has 0 saturated carbocycles. The minimum Gasteiger partial charge on any atom is -0.406 e. The van der Waals surface area contributed by atoms with Crippen molar-refractivity contribution in [3.8, 4) is 0 Å². The first-order valence-electron chi connectivity index (χ1n) is 5.44. The highest BCUT2D eigenvalue weighted by molar-refractivity contribution is 5.52. The van der Waals surface area contributed by atoms with E-state index in [0.717, 1.165) is 12.1 Å². The van der Waals surface area contributed by atoms with E-state index in [-0.39, 0.29) is 23.6 Å². The third-order valence-corrected chi connectivity index (χ3v) is 2.52. The first-order chi connectivity index (χ1) is 9.02. The third-order valence-electron chi connectivity index (χ3n) is 2.52. The molecule has 0 spiro atoms. The molecule has 0 amide bonds. The van der Waals surface area contributed by atoms with Crippen molar-refractivity contribution < 1.29 is 17.6 Å². The van der Waals surface area contributed by atoms with Crippen LogP contribution in [0.1, 0.15) is 18.9 Å². The molecule has 0 radical (unpaired) electrons. The summed E-state index contributed by atoms with van der Waals surface area (Å²) in [4.78, 5) is 0. The van der Waals surface area contributed by atoms with Gasteiger partial charge in [-0.3, -0.25) is 0 Å². The van der Waals surface area contributed by atoms with Crippen molar-refractivity contribution in [2.24, 2.45) is 0 Å². The molecule has 1 aromatic carbocycles. The Morgan fingerprint density at radius 3 is 2.58 bits per heavy atom. The van der Waals surface area contributed by atoms with Crippen LogP contribution in [0.5, 0.6) is 0 Å². The Morgan fingerprint density at radius 1 is 1.16 bits per heavy atom. The molecule has 8 heteroatoms. The summed E-state index contributed by atoms with van der Waals surface area (Å²) in [5.74, 6) is -3.89. The van der Waals surface area contributed by atoms with E-state index >= 15 is 0 Å². The number of benzene rings is 1. The summed E-state index contributed by atoms with van der Waals surface area (Å²) in [6, 6.07) is 1.55. The maximum absolute atomic E-state index is 13.4. The predicted octanol–water partition coefficient (Wildman–Crippen LogP) is 2.51. The van der Waals surface area contributed by atoms with Crippen LogP contribution in [0.3, 0.4) is 0 Å². The predicted molar refractivity (Wildman–Crippen MR) is 61.4 cm³/mol. The van der Waals surface area contributed by atoms with Gasteiger partial charge in [0.2, 0.25) is 5.89 Å². The molecule has 5 nitrogen and oxygen atoms in total. The number of halogens is 3. The van der Waals surface area contributed by atoms with Gasteiger partial charge >= 0.3 is 6.01 Å². The molecule has 1 atom stereocenters. The molecule has 2 rings (SSSR count). The van der Waals surface area contributed by atoms with Crippen LogP contribution < -0.4 is 10.6 Å². The lowest BCUT2D eigenvalue weighted by molar-refractivity contribution is 0.439. The third kappa shape index (κ3) is 2.68. The van der Waals surface area contributed by atoms with E-state index in [2.05, 4.69) is 20.8 Å². The Kier molecular flexibility index (Phi) is 3.70. The fourth-order valence-corrected chi connectivity index (χ4v) is 1.32. The molecule has 0 aliphatic rings. The van der Waals surface area contributed by atoms with Crippen LogP contribution in [0, 0.1) is 17.5 Å². The van der Waals surface area contributed by atoms with E-state index in [9.17, 15) is 13.2 Å². The second kappa shape index (κ2) is 5.27. The second-order valence-electron chi connectivity index (χ2n) is 3.80. The maximum atomic E-state index is 13.4. The molecule has 102 valence electrons. The quantitative estimate of drug-likeness (QED) is 0.837. The Labute approximate surface area is 106 Å². The SMILES string of the molecule is CNC(C)c1nnc(Nc2ccc(F)c(F)c2F)o1. The zero-order chi connectivity index (χ0) is 14.0. The number of anilines is 2. The molecule has 1 unspecified atom stereocenters. The minimum absolute atomic E-state index is 0.109. The second-order valence-corrected chi connectivity index (χ2v) is 3.80. The van der Waals surface area contributed by atoms with Crippen LogP contribution in [0.25, 0.3) is 0 Å². The van der Waals surface area contributed by atoms with Crippen molar-refractivity contribution in [1.82, 2.24) is 15.5 Å². The lowest BCUT2D eigenvalue weighted by Gasteiger charge is -2.05. The van der Waals surface area contributed by atoms with E-state index in [4.69, 9.17) is 4.42 Å². The van der Waals surface area contributed by atoms with E-state index in [0.29, 0.717) is 0 Å². The zero-order valence-corrected chi connectivity index (χ0v) is 10.2. The summed E-state index contributed by atoms with van der Waals surface area (Å²) in [5, 5.41) is 12.6. The average molecular weight is 272 g/mol. The number of nitrogens with zero attached hydrogens (tertiary/aromatic N) is 2. The highest BCUT2D eigenvalue weighted by Crippen LogP contribution is 2.23. The fourth-order valence-electron chi connectivity index (χ4n) is 1.32. The smallest absolute Gasteiger partial charge is 0.320 e. The molecule has 0 bridgehead atoms. The number of hydrogen-bond acceptors (Lipinski definition) is 5. The number of nitrogens with one attached hydrogen (secondary N) is 2. The van der Waals surface area contributed by atoms with Crippen molar-refractivity contribution in [2.45, 2.75) is 13.0 Å². The van der Waals surface area contributed by atoms with Crippen molar-refractivity contribution in [1.29, 1.82) is 0 Å². The molecule has 1 heterocycles. The van der Waals surface area contributed by atoms with Crippen molar-refractivity contribution in [2.75, 3.05) is 12.4 Å². The van der Waals surface area contributed by atoms with Gasteiger partial charge in [-0.05, 0) is 26.1 Å². The van der Waals surface area contributed by atoms with E-state index in [1.54, 1.807) is 14.0 Å². The Balaban J connectivity index is 2.22. The average Bonchev–Trinajstić information content (AvgIpc) is 2.87. The fraction of sp³-hybridized carbons (Fsp3) is 0.273. The van der Waals surface area contributed by atoms with Crippen molar-refractivity contribution in [3.05, 3.63) is 35.5 Å². The maximum Gasteiger partial charge on any atom is 0.320 e. The lowest BCUT2D eigenvalue weighted by atomic mass is 10.3. The van der Waals surface area contributed by atoms with Gasteiger partial charge in [-0.1, -0.05) is 5.10 Å². The van der Waals surface area contributed by atoms with Gasteiger partial charge < -0.3 is 15.1 Å². The van der Waals surface area contributed by atoms with Gasteiger partial charge in [0.1, 0.15) is 0 Å². The first-order valence-corrected chi connectivity index (χ1v) is 5.44. The molecule has 2 N–H and O–H groups in total. The highest BCUT2D eigenvalue weighted by atomic mass is 19.2. The van der Waals surface area contributed by atoms with Crippen molar-refractivity contribution in [3.63, 3.8) is 0 Å². The summed E-state index contributed by atoms with van der Waals surface area (Å²) >= 11 is 0. The number of hydrogen-bond donors (Lipinski definition) is 2. The largest absolute Gasteiger partial charge is 0.406 e. The van der Waals surface area contributed by atoms with Gasteiger partial charge in [0.25, 0.3) is 0 Å². The molecular weight excluding hydrogens is 261 g/mol. The zero-order valence-electron chi connectivity index (χ0n) is 10.2. The molecule has 0 fully saturated rings. The van der Waals surface area contributed by atoms with Crippen LogP contribution in [-0.2, 0) is 0 Å². The molecule has 0 aliphatic carbocycles. The Hall–Kier alpha value is -2.09. The molecule has 1 aromatic heterocycles. The summed E-state index contributed by atoms with van der Waals surface area (Å²) in [5.41, 5.74) is -0.286. The Morgan fingerprint density at radius 2 is 1.89 bits per heavy atom. The van der Waals surface area contributed by atoms with Crippen LogP contribution in [0.4, 0.5) is 24.9 Å². The monoisotopic (exact) mass is 272 g/mol. The number of aromatic nitrogens is 2. The summed E-state index contributed by atoms with van der Waals surface area (Å²) in [6.45, 7) is 1.79. The highest BCUT2D eigenvalue weighted by Gasteiger charge is 2.16. The molecular formula is C11H11F3N4O. The van der Waals surface area contributed by atoms with Gasteiger partial charge in [-0.15, -0.1) is 5.10 Å². The standard InChI is InChI=1S/C11H11F3N4O/c1-5(15-2)10-17-18-11(19-10)16-7-4-3-6(12)8(13)9(7)14/h3-5,15H,1-2H3,(H,16,18). The van der Waals surface area contributed by atoms with Gasteiger partial charge in [-0.2, -0.15) is 0 Å². The number of rotatable bonds is 4. The minimum atomic E-state index is -1.56. The molecule has 0 aliphatic heterocycles. The summed E-state index contributed by atoms with van der Waals surface area (Å²) in [7, 11) is 1.71. The van der Waals surface area contributed by atoms with E-state index in [1.165, 1.54) is 0 Å². The van der Waals surface area contributed by atoms with Gasteiger partial charge in [-0.25, -0.2) is 13.2 Å². The molecule has 2 aromatic rings. The van der Waals surface area contributed by atoms with Gasteiger partial charge in [0, 0.05) is 0 Å². The summed E-state index contributed by atoms with van der Waals surface area (Å²) < 4.78 is 44.4. The molecule has 0 saturated heterocycles. The van der Waals surface area contributed by atoms with E-state index < -0.39 is 17.5 Å². The van der Waals surface area contributed by atoms with Crippen LogP contribution in [-0.4, -0.2) is 17.2 Å². The topological polar surface area (TPSA) is 63.0 Å². The van der Waals surface area contributed by atoms with Crippen LogP contribution in [0.15, 0.2) is 16.5 Å².